The van der Waals surface area contributed by atoms with Gasteiger partial charge in [-0.15, -0.1) is 0 Å². The van der Waals surface area contributed by atoms with Crippen LogP contribution in [0.3, 0.4) is 0 Å². The molecule has 7 nitrogen and oxygen atoms in total. The van der Waals surface area contributed by atoms with E-state index in [4.69, 9.17) is 20.4 Å². The van der Waals surface area contributed by atoms with Crippen LogP contribution in [-0.2, 0) is 14.3 Å². The number of aromatic hydroxyl groups is 2. The number of hydrogen-bond acceptors (Lipinski definition) is 5. The highest BCUT2D eigenvalue weighted by Gasteiger charge is 1.84. The monoisotopic (exact) mass is 346 g/mol. The van der Waals surface area contributed by atoms with Crippen molar-refractivity contribution in [3.63, 3.8) is 0 Å². The van der Waals surface area contributed by atoms with Gasteiger partial charge in [-0.05, 0) is 24.3 Å². The van der Waals surface area contributed by atoms with Crippen molar-refractivity contribution < 1.29 is 34.8 Å². The molecule has 0 amide bonds. The zero-order valence-electron chi connectivity index (χ0n) is 13.1. The molecule has 4 N–H and O–H groups in total. The van der Waals surface area contributed by atoms with Gasteiger partial charge in [-0.3, -0.25) is 0 Å². The van der Waals surface area contributed by atoms with Gasteiger partial charge in [0.05, 0.1) is 24.7 Å². The molecule has 2 aromatic carbocycles. The Morgan fingerprint density at radius 1 is 0.680 bits per heavy atom. The van der Waals surface area contributed by atoms with Crippen LogP contribution in [-0.4, -0.2) is 32.4 Å². The van der Waals surface area contributed by atoms with Crippen LogP contribution in [0.1, 0.15) is 0 Å². The molecule has 0 heterocycles. The molecule has 25 heavy (non-hydrogen) atoms. The van der Waals surface area contributed by atoms with Crippen LogP contribution in [0.4, 0.5) is 0 Å². The Balaban J connectivity index is 0.000000358. The van der Waals surface area contributed by atoms with Gasteiger partial charge in [-0.1, -0.05) is 36.4 Å². The first-order valence-electron chi connectivity index (χ1n) is 6.84. The van der Waals surface area contributed by atoms with E-state index in [0.29, 0.717) is 11.5 Å². The molecule has 0 bridgehead atoms. The van der Waals surface area contributed by atoms with E-state index in [2.05, 4.69) is 4.74 Å². The third-order valence-corrected chi connectivity index (χ3v) is 2.09. The predicted molar refractivity (Wildman–Crippen MR) is 90.9 cm³/mol. The summed E-state index contributed by atoms with van der Waals surface area (Å²) in [5.74, 6) is -1.67. The van der Waals surface area contributed by atoms with Crippen LogP contribution < -0.4 is 0 Å². The molecule has 0 aromatic heterocycles. The number of carbonyl (C=O) groups is 2. The summed E-state index contributed by atoms with van der Waals surface area (Å²) >= 11 is 0. The second-order valence-electron chi connectivity index (χ2n) is 4.09. The predicted octanol–water partition coefficient (Wildman–Crippen LogP) is 2.98. The van der Waals surface area contributed by atoms with Gasteiger partial charge in [0, 0.05) is 0 Å². The summed E-state index contributed by atoms with van der Waals surface area (Å²) in [6.07, 6.45) is 3.21. The summed E-state index contributed by atoms with van der Waals surface area (Å²) in [7, 11) is 0. The molecule has 0 fully saturated rings. The molecule has 0 atom stereocenters. The molecule has 0 aliphatic heterocycles. The van der Waals surface area contributed by atoms with Gasteiger partial charge in [-0.2, -0.15) is 0 Å². The van der Waals surface area contributed by atoms with Crippen LogP contribution in [0.15, 0.2) is 85.3 Å². The van der Waals surface area contributed by atoms with Crippen molar-refractivity contribution in [1.82, 2.24) is 0 Å². The molecule has 0 aliphatic rings. The third kappa shape index (κ3) is 16.5. The summed E-state index contributed by atoms with van der Waals surface area (Å²) in [6, 6.07) is 17.4. The molecule has 2 rings (SSSR count). The maximum Gasteiger partial charge on any atom is 0.331 e. The van der Waals surface area contributed by atoms with E-state index in [1.165, 1.54) is 0 Å². The van der Waals surface area contributed by atoms with E-state index >= 15 is 0 Å². The van der Waals surface area contributed by atoms with E-state index < -0.39 is 11.9 Å². The van der Waals surface area contributed by atoms with Gasteiger partial charge in [0.1, 0.15) is 11.5 Å². The Bertz CT molecular complexity index is 605. The number of carboxylic acids is 2. The number of phenols is 2. The second kappa shape index (κ2) is 13.9. The third-order valence-electron chi connectivity index (χ3n) is 2.09. The van der Waals surface area contributed by atoms with Crippen molar-refractivity contribution in [1.29, 1.82) is 0 Å². The van der Waals surface area contributed by atoms with Crippen molar-refractivity contribution in [2.24, 2.45) is 0 Å². The number of phenolic OH excluding ortho intramolecular Hbond substituents is 2. The lowest BCUT2D eigenvalue weighted by atomic mass is 10.3. The molecule has 0 saturated heterocycles. The molecule has 7 heteroatoms. The van der Waals surface area contributed by atoms with Crippen molar-refractivity contribution in [3.8, 4) is 11.5 Å². The van der Waals surface area contributed by atoms with Crippen LogP contribution in [0.25, 0.3) is 0 Å². The fourth-order valence-electron chi connectivity index (χ4n) is 1.10. The lowest BCUT2D eigenvalue weighted by Gasteiger charge is -1.85. The minimum atomic E-state index is -1.16. The molecule has 2 aromatic rings. The Hall–Kier alpha value is -3.74. The van der Waals surface area contributed by atoms with Gasteiger partial charge in [-0.25, -0.2) is 9.59 Å². The van der Waals surface area contributed by atoms with E-state index in [1.807, 2.05) is 12.1 Å². The zero-order chi connectivity index (χ0) is 18.9. The summed E-state index contributed by atoms with van der Waals surface area (Å²) in [6.45, 7) is 0. The van der Waals surface area contributed by atoms with Crippen molar-refractivity contribution in [2.45, 2.75) is 0 Å². The van der Waals surface area contributed by atoms with E-state index in [0.717, 1.165) is 24.7 Å². The highest BCUT2D eigenvalue weighted by Crippen LogP contribution is 2.03. The molecular weight excluding hydrogens is 328 g/mol. The first-order valence-corrected chi connectivity index (χ1v) is 6.84. The molecular formula is C18H18O7. The average Bonchev–Trinajstić information content (AvgIpc) is 2.56. The van der Waals surface area contributed by atoms with Crippen LogP contribution >= 0.6 is 0 Å². The van der Waals surface area contributed by atoms with Crippen molar-refractivity contribution >= 4 is 11.9 Å². The normalized spacial score (nSPS) is 9.44. The first kappa shape index (κ1) is 21.3. The molecule has 0 unspecified atom stereocenters. The minimum Gasteiger partial charge on any atom is -0.508 e. The second-order valence-corrected chi connectivity index (χ2v) is 4.09. The smallest absolute Gasteiger partial charge is 0.331 e. The SMILES string of the molecule is O=C(O)C=COC=CC(=O)O.Oc1ccccc1.Oc1ccccc1. The standard InChI is InChI=1S/C6H6O5.2C6H6O/c7-5(8)1-3-11-4-2-6(9)10;2*7-6-4-2-1-3-5-6/h1-4H,(H,7,8)(H,9,10);2*1-5,7H. The lowest BCUT2D eigenvalue weighted by molar-refractivity contribution is -0.132. The fraction of sp³-hybridized carbons (Fsp3) is 0. The van der Waals surface area contributed by atoms with Crippen molar-refractivity contribution in [2.75, 3.05) is 0 Å². The molecule has 0 saturated carbocycles. The van der Waals surface area contributed by atoms with Gasteiger partial charge in [0.2, 0.25) is 0 Å². The van der Waals surface area contributed by atoms with Gasteiger partial charge >= 0.3 is 11.9 Å². The number of para-hydroxylation sites is 2. The highest BCUT2D eigenvalue weighted by atomic mass is 16.5. The molecule has 0 aliphatic carbocycles. The Labute approximate surface area is 144 Å². The largest absolute Gasteiger partial charge is 0.508 e. The Kier molecular flexibility index (Phi) is 11.8. The van der Waals surface area contributed by atoms with Gasteiger partial charge in [0.15, 0.2) is 0 Å². The quantitative estimate of drug-likeness (QED) is 0.495. The highest BCUT2D eigenvalue weighted by molar-refractivity contribution is 5.80. The number of benzene rings is 2. The topological polar surface area (TPSA) is 124 Å². The average molecular weight is 346 g/mol. The summed E-state index contributed by atoms with van der Waals surface area (Å²) in [5, 5.41) is 33.3. The summed E-state index contributed by atoms with van der Waals surface area (Å²) in [5.41, 5.74) is 0. The van der Waals surface area contributed by atoms with E-state index in [-0.39, 0.29) is 0 Å². The maximum atomic E-state index is 9.79. The van der Waals surface area contributed by atoms with Crippen molar-refractivity contribution in [3.05, 3.63) is 85.3 Å². The van der Waals surface area contributed by atoms with Crippen LogP contribution in [0.2, 0.25) is 0 Å². The van der Waals surface area contributed by atoms with Gasteiger partial charge in [0.25, 0.3) is 0 Å². The summed E-state index contributed by atoms with van der Waals surface area (Å²) in [4.78, 5) is 19.6. The fourth-order valence-corrected chi connectivity index (χ4v) is 1.10. The first-order chi connectivity index (χ1) is 11.9. The minimum absolute atomic E-state index is 0.322. The Morgan fingerprint density at radius 3 is 1.20 bits per heavy atom. The Morgan fingerprint density at radius 2 is 1.00 bits per heavy atom. The number of aliphatic carboxylic acids is 2. The molecule has 132 valence electrons. The lowest BCUT2D eigenvalue weighted by Crippen LogP contribution is -1.87. The number of carboxylic acid groups (broad SMARTS) is 2. The van der Waals surface area contributed by atoms with E-state index in [1.54, 1.807) is 48.5 Å². The van der Waals surface area contributed by atoms with Crippen LogP contribution in [0.5, 0.6) is 11.5 Å². The summed E-state index contributed by atoms with van der Waals surface area (Å²) < 4.78 is 4.33. The maximum absolute atomic E-state index is 9.79. The number of rotatable bonds is 4. The van der Waals surface area contributed by atoms with E-state index in [9.17, 15) is 9.59 Å². The molecule has 0 spiro atoms. The van der Waals surface area contributed by atoms with Crippen LogP contribution in [0, 0.1) is 0 Å². The zero-order valence-corrected chi connectivity index (χ0v) is 13.1. The number of ether oxygens (including phenoxy) is 1. The van der Waals surface area contributed by atoms with Gasteiger partial charge < -0.3 is 25.2 Å². The molecule has 0 radical (unpaired) electrons. The number of hydrogen-bond donors (Lipinski definition) is 4.